The van der Waals surface area contributed by atoms with E-state index in [0.717, 1.165) is 5.57 Å². The van der Waals surface area contributed by atoms with Crippen molar-refractivity contribution in [2.24, 2.45) is 0 Å². The number of carbonyl (C=O) groups excluding carboxylic acids is 2. The Kier molecular flexibility index (Phi) is 5.66. The Labute approximate surface area is 117 Å². The summed E-state index contributed by atoms with van der Waals surface area (Å²) in [5, 5.41) is 10.2. The molecule has 6 nitrogen and oxygen atoms in total. The second kappa shape index (κ2) is 7.02. The average Bonchev–Trinajstić information content (AvgIpc) is 2.35. The fourth-order valence-electron chi connectivity index (χ4n) is 1.68. The highest BCUT2D eigenvalue weighted by Gasteiger charge is 2.38. The zero-order valence-electron chi connectivity index (χ0n) is 11.7. The first-order valence-corrected chi connectivity index (χ1v) is 6.03. The highest BCUT2D eigenvalue weighted by molar-refractivity contribution is 5.67. The summed E-state index contributed by atoms with van der Waals surface area (Å²) >= 11 is 0. The van der Waals surface area contributed by atoms with Crippen molar-refractivity contribution in [2.45, 2.75) is 25.7 Å². The van der Waals surface area contributed by atoms with Crippen LogP contribution in [0.3, 0.4) is 0 Å². The molecule has 110 valence electrons. The smallest absolute Gasteiger partial charge is 0.305 e. The fraction of sp³-hybridized carbons (Fsp3) is 0.429. The van der Waals surface area contributed by atoms with E-state index in [1.165, 1.54) is 27.0 Å². The Bertz CT molecular complexity index is 462. The average molecular weight is 282 g/mol. The molecule has 0 saturated carbocycles. The molecule has 1 aliphatic carbocycles. The van der Waals surface area contributed by atoms with Gasteiger partial charge in [0.25, 0.3) is 5.79 Å². The van der Waals surface area contributed by atoms with E-state index >= 15 is 0 Å². The van der Waals surface area contributed by atoms with Crippen molar-refractivity contribution < 1.29 is 28.9 Å². The van der Waals surface area contributed by atoms with E-state index in [0.29, 0.717) is 0 Å². The largest absolute Gasteiger partial charge is 0.462 e. The predicted octanol–water partition coefficient (Wildman–Crippen LogP) is 0.869. The van der Waals surface area contributed by atoms with Gasteiger partial charge in [0, 0.05) is 21.0 Å². The lowest BCUT2D eigenvalue weighted by atomic mass is 9.98. The van der Waals surface area contributed by atoms with Crippen molar-refractivity contribution in [1.29, 1.82) is 0 Å². The summed E-state index contributed by atoms with van der Waals surface area (Å²) in [6.45, 7) is 2.69. The first-order chi connectivity index (χ1) is 9.37. The van der Waals surface area contributed by atoms with Crippen LogP contribution in [0.1, 0.15) is 13.8 Å². The van der Waals surface area contributed by atoms with Gasteiger partial charge < -0.3 is 19.3 Å². The summed E-state index contributed by atoms with van der Waals surface area (Å²) in [5.41, 5.74) is 0.737. The Morgan fingerprint density at radius 2 is 2.10 bits per heavy atom. The highest BCUT2D eigenvalue weighted by Crippen LogP contribution is 2.25. The standard InChI is InChI=1S/C14H18O6/c1-10(15)19-8-4-5-12-6-7-14(17,20-11(2)16)13(9-12)18-3/h4-7,9,13,17H,8H2,1-3H3/b5-4-. The Hall–Kier alpha value is -1.92. The van der Waals surface area contributed by atoms with Crippen LogP contribution in [-0.4, -0.2) is 42.7 Å². The molecule has 0 bridgehead atoms. The number of rotatable bonds is 5. The van der Waals surface area contributed by atoms with Crippen molar-refractivity contribution in [1.82, 2.24) is 0 Å². The maximum atomic E-state index is 11.0. The van der Waals surface area contributed by atoms with Gasteiger partial charge in [0.2, 0.25) is 0 Å². The third kappa shape index (κ3) is 4.64. The second-order valence-corrected chi connectivity index (χ2v) is 4.21. The minimum Gasteiger partial charge on any atom is -0.462 e. The SMILES string of the molecule is COC1C=C(/C=C\COC(C)=O)C=CC1(O)OC(C)=O. The molecule has 0 radical (unpaired) electrons. The molecule has 1 N–H and O–H groups in total. The third-order valence-electron chi connectivity index (χ3n) is 2.52. The Balaban J connectivity index is 2.72. The van der Waals surface area contributed by atoms with Crippen molar-refractivity contribution in [3.8, 4) is 0 Å². The molecule has 0 aromatic heterocycles. The van der Waals surface area contributed by atoms with Crippen LogP contribution in [0.4, 0.5) is 0 Å². The number of hydrogen-bond acceptors (Lipinski definition) is 6. The van der Waals surface area contributed by atoms with Gasteiger partial charge in [-0.3, -0.25) is 9.59 Å². The normalized spacial score (nSPS) is 25.4. The van der Waals surface area contributed by atoms with E-state index in [1.807, 2.05) is 0 Å². The molecule has 0 fully saturated rings. The van der Waals surface area contributed by atoms with Crippen LogP contribution in [0.2, 0.25) is 0 Å². The van der Waals surface area contributed by atoms with E-state index < -0.39 is 17.9 Å². The lowest BCUT2D eigenvalue weighted by Crippen LogP contribution is -2.45. The van der Waals surface area contributed by atoms with E-state index in [1.54, 1.807) is 24.3 Å². The molecule has 0 heterocycles. The molecule has 0 saturated heterocycles. The van der Waals surface area contributed by atoms with E-state index in [-0.39, 0.29) is 12.6 Å². The van der Waals surface area contributed by atoms with Gasteiger partial charge in [-0.05, 0) is 23.8 Å². The molecule has 0 amide bonds. The van der Waals surface area contributed by atoms with Crippen molar-refractivity contribution in [3.63, 3.8) is 0 Å². The zero-order chi connectivity index (χ0) is 15.2. The molecular formula is C14H18O6. The molecule has 0 aromatic carbocycles. The number of allylic oxidation sites excluding steroid dienone is 3. The molecule has 0 aromatic rings. The summed E-state index contributed by atoms with van der Waals surface area (Å²) in [7, 11) is 1.40. The van der Waals surface area contributed by atoms with Crippen LogP contribution >= 0.6 is 0 Å². The summed E-state index contributed by atoms with van der Waals surface area (Å²) < 4.78 is 14.7. The van der Waals surface area contributed by atoms with E-state index in [9.17, 15) is 14.7 Å². The minimum absolute atomic E-state index is 0.159. The number of esters is 2. The van der Waals surface area contributed by atoms with Gasteiger partial charge in [-0.25, -0.2) is 0 Å². The summed E-state index contributed by atoms with van der Waals surface area (Å²) in [5.74, 6) is -2.78. The van der Waals surface area contributed by atoms with Crippen LogP contribution < -0.4 is 0 Å². The van der Waals surface area contributed by atoms with Gasteiger partial charge in [-0.2, -0.15) is 0 Å². The van der Waals surface area contributed by atoms with E-state index in [4.69, 9.17) is 14.2 Å². The van der Waals surface area contributed by atoms with Crippen LogP contribution in [0.15, 0.2) is 36.0 Å². The van der Waals surface area contributed by atoms with Gasteiger partial charge in [0.05, 0.1) is 0 Å². The molecule has 1 aliphatic rings. The highest BCUT2D eigenvalue weighted by atomic mass is 16.7. The monoisotopic (exact) mass is 282 g/mol. The van der Waals surface area contributed by atoms with Crippen molar-refractivity contribution in [2.75, 3.05) is 13.7 Å². The molecule has 0 aliphatic heterocycles. The third-order valence-corrected chi connectivity index (χ3v) is 2.52. The van der Waals surface area contributed by atoms with Gasteiger partial charge in [-0.1, -0.05) is 12.2 Å². The maximum absolute atomic E-state index is 11.0. The van der Waals surface area contributed by atoms with Crippen LogP contribution in [0.5, 0.6) is 0 Å². The number of ether oxygens (including phenoxy) is 3. The fourth-order valence-corrected chi connectivity index (χ4v) is 1.68. The second-order valence-electron chi connectivity index (χ2n) is 4.21. The number of methoxy groups -OCH3 is 1. The molecule has 2 atom stereocenters. The molecule has 1 rings (SSSR count). The summed E-state index contributed by atoms with van der Waals surface area (Å²) in [6, 6.07) is 0. The van der Waals surface area contributed by atoms with Gasteiger partial charge in [0.1, 0.15) is 12.7 Å². The molecule has 0 spiro atoms. The predicted molar refractivity (Wildman–Crippen MR) is 70.5 cm³/mol. The van der Waals surface area contributed by atoms with Gasteiger partial charge in [0.15, 0.2) is 0 Å². The first kappa shape index (κ1) is 16.1. The van der Waals surface area contributed by atoms with Gasteiger partial charge >= 0.3 is 11.9 Å². The van der Waals surface area contributed by atoms with Crippen LogP contribution in [0, 0.1) is 0 Å². The van der Waals surface area contributed by atoms with Crippen LogP contribution in [-0.2, 0) is 23.8 Å². The zero-order valence-corrected chi connectivity index (χ0v) is 11.7. The summed E-state index contributed by atoms with van der Waals surface area (Å²) in [4.78, 5) is 21.6. The van der Waals surface area contributed by atoms with E-state index in [2.05, 4.69) is 0 Å². The Morgan fingerprint density at radius 1 is 1.40 bits per heavy atom. The first-order valence-electron chi connectivity index (χ1n) is 6.03. The number of hydrogen-bond donors (Lipinski definition) is 1. The lowest BCUT2D eigenvalue weighted by Gasteiger charge is -2.32. The summed E-state index contributed by atoms with van der Waals surface area (Å²) in [6.07, 6.45) is 7.08. The minimum atomic E-state index is -1.81. The lowest BCUT2D eigenvalue weighted by molar-refractivity contribution is -0.217. The maximum Gasteiger partial charge on any atom is 0.305 e. The molecular weight excluding hydrogens is 264 g/mol. The number of carbonyl (C=O) groups is 2. The van der Waals surface area contributed by atoms with Crippen LogP contribution in [0.25, 0.3) is 0 Å². The topological polar surface area (TPSA) is 82.1 Å². The number of aliphatic hydroxyl groups is 1. The van der Waals surface area contributed by atoms with Gasteiger partial charge in [-0.15, -0.1) is 0 Å². The molecule has 20 heavy (non-hydrogen) atoms. The Morgan fingerprint density at radius 3 is 2.65 bits per heavy atom. The quantitative estimate of drug-likeness (QED) is 0.595. The van der Waals surface area contributed by atoms with Crippen molar-refractivity contribution >= 4 is 11.9 Å². The molecule has 2 unspecified atom stereocenters. The molecule has 6 heteroatoms. The van der Waals surface area contributed by atoms with Crippen molar-refractivity contribution in [3.05, 3.63) is 36.0 Å².